The van der Waals surface area contributed by atoms with Gasteiger partial charge in [-0.25, -0.2) is 13.8 Å². The largest absolute Gasteiger partial charge is 0.423 e. The number of nitrogens with zero attached hydrogens (tertiary/aromatic N) is 1. The van der Waals surface area contributed by atoms with Crippen LogP contribution in [0, 0.1) is 11.6 Å². The normalized spacial score (nSPS) is 11.6. The van der Waals surface area contributed by atoms with Crippen LogP contribution in [0.15, 0.2) is 24.4 Å². The molecule has 3 nitrogen and oxygen atoms in total. The third-order valence-corrected chi connectivity index (χ3v) is 2.46. The molecule has 0 radical (unpaired) electrons. The van der Waals surface area contributed by atoms with Gasteiger partial charge in [0.25, 0.3) is 6.01 Å². The average molecular weight is 252 g/mol. The van der Waals surface area contributed by atoms with Crippen LogP contribution in [-0.4, -0.2) is 9.97 Å². The zero-order valence-corrected chi connectivity index (χ0v) is 10.4. The summed E-state index contributed by atoms with van der Waals surface area (Å²) in [4.78, 5) is 6.95. The number of H-pyrrole nitrogens is 1. The van der Waals surface area contributed by atoms with E-state index in [2.05, 4.69) is 9.97 Å². The summed E-state index contributed by atoms with van der Waals surface area (Å²) in [5.74, 6) is -1.47. The molecule has 2 rings (SSSR count). The average Bonchev–Trinajstić information content (AvgIpc) is 2.70. The first-order valence-electron chi connectivity index (χ1n) is 5.54. The molecule has 0 aliphatic heterocycles. The molecule has 96 valence electrons. The van der Waals surface area contributed by atoms with Crippen LogP contribution >= 0.6 is 0 Å². The highest BCUT2D eigenvalue weighted by molar-refractivity contribution is 5.28. The standard InChI is InChI=1S/C13H14F2N2O/c1-13(2,3)11-7-16-12(17-11)18-10-5-4-8(14)6-9(10)15/h4-7H,1-3H3,(H,16,17). The third kappa shape index (κ3) is 2.67. The maximum Gasteiger partial charge on any atom is 0.299 e. The Morgan fingerprint density at radius 3 is 2.50 bits per heavy atom. The topological polar surface area (TPSA) is 37.9 Å². The maximum absolute atomic E-state index is 13.4. The predicted octanol–water partition coefficient (Wildman–Crippen LogP) is 3.78. The second-order valence-corrected chi connectivity index (χ2v) is 5.03. The van der Waals surface area contributed by atoms with Gasteiger partial charge in [-0.15, -0.1) is 0 Å². The number of hydrogen-bond acceptors (Lipinski definition) is 2. The summed E-state index contributed by atoms with van der Waals surface area (Å²) < 4.78 is 31.3. The van der Waals surface area contributed by atoms with Gasteiger partial charge in [0.1, 0.15) is 5.82 Å². The lowest BCUT2D eigenvalue weighted by atomic mass is 9.93. The molecule has 5 heteroatoms. The highest BCUT2D eigenvalue weighted by Crippen LogP contribution is 2.26. The van der Waals surface area contributed by atoms with Crippen LogP contribution in [0.1, 0.15) is 26.5 Å². The van der Waals surface area contributed by atoms with E-state index in [1.807, 2.05) is 20.8 Å². The Balaban J connectivity index is 2.21. The molecule has 0 fully saturated rings. The lowest BCUT2D eigenvalue weighted by Gasteiger charge is -2.14. The Hall–Kier alpha value is -1.91. The predicted molar refractivity (Wildman–Crippen MR) is 63.7 cm³/mol. The van der Waals surface area contributed by atoms with Gasteiger partial charge in [-0.2, -0.15) is 0 Å². The molecule has 0 atom stereocenters. The Bertz CT molecular complexity index is 558. The number of rotatable bonds is 2. The number of nitrogens with one attached hydrogen (secondary N) is 1. The number of hydrogen-bond donors (Lipinski definition) is 1. The van der Waals surface area contributed by atoms with Gasteiger partial charge in [-0.1, -0.05) is 20.8 Å². The van der Waals surface area contributed by atoms with E-state index in [0.717, 1.165) is 17.8 Å². The zero-order chi connectivity index (χ0) is 13.3. The molecule has 1 aromatic carbocycles. The summed E-state index contributed by atoms with van der Waals surface area (Å²) >= 11 is 0. The van der Waals surface area contributed by atoms with Gasteiger partial charge in [0.05, 0.1) is 6.20 Å². The first-order valence-corrected chi connectivity index (χ1v) is 5.54. The minimum atomic E-state index is -0.760. The number of benzene rings is 1. The van der Waals surface area contributed by atoms with E-state index in [0.29, 0.717) is 0 Å². The van der Waals surface area contributed by atoms with Gasteiger partial charge in [0, 0.05) is 17.2 Å². The summed E-state index contributed by atoms with van der Waals surface area (Å²) in [6, 6.07) is 3.31. The number of aromatic nitrogens is 2. The van der Waals surface area contributed by atoms with Crippen molar-refractivity contribution >= 4 is 0 Å². The van der Waals surface area contributed by atoms with E-state index in [1.54, 1.807) is 6.20 Å². The highest BCUT2D eigenvalue weighted by atomic mass is 19.1. The Morgan fingerprint density at radius 1 is 1.22 bits per heavy atom. The summed E-state index contributed by atoms with van der Waals surface area (Å²) in [5, 5.41) is 0. The molecule has 0 amide bonds. The summed E-state index contributed by atoms with van der Waals surface area (Å²) in [5.41, 5.74) is 0.774. The van der Waals surface area contributed by atoms with Gasteiger partial charge in [0.15, 0.2) is 11.6 Å². The van der Waals surface area contributed by atoms with Crippen LogP contribution < -0.4 is 4.74 Å². The lowest BCUT2D eigenvalue weighted by Crippen LogP contribution is -2.11. The van der Waals surface area contributed by atoms with Crippen molar-refractivity contribution in [1.82, 2.24) is 9.97 Å². The summed E-state index contributed by atoms with van der Waals surface area (Å²) in [6.45, 7) is 6.05. The van der Waals surface area contributed by atoms with Crippen LogP contribution in [0.4, 0.5) is 8.78 Å². The Labute approximate surface area is 104 Å². The van der Waals surface area contributed by atoms with Crippen molar-refractivity contribution in [3.63, 3.8) is 0 Å². The molecular weight excluding hydrogens is 238 g/mol. The van der Waals surface area contributed by atoms with E-state index in [1.165, 1.54) is 6.07 Å². The highest BCUT2D eigenvalue weighted by Gasteiger charge is 2.17. The smallest absolute Gasteiger partial charge is 0.299 e. The van der Waals surface area contributed by atoms with Gasteiger partial charge in [0.2, 0.25) is 0 Å². The monoisotopic (exact) mass is 252 g/mol. The lowest BCUT2D eigenvalue weighted by molar-refractivity contribution is 0.409. The number of ether oxygens (including phenoxy) is 1. The summed E-state index contributed by atoms with van der Waals surface area (Å²) in [7, 11) is 0. The fourth-order valence-electron chi connectivity index (χ4n) is 1.40. The third-order valence-electron chi connectivity index (χ3n) is 2.46. The molecule has 1 N–H and O–H groups in total. The van der Waals surface area contributed by atoms with E-state index in [9.17, 15) is 8.78 Å². The van der Waals surface area contributed by atoms with Crippen LogP contribution in [-0.2, 0) is 5.41 Å². The van der Waals surface area contributed by atoms with Gasteiger partial charge in [-0.3, -0.25) is 0 Å². The van der Waals surface area contributed by atoms with Crippen molar-refractivity contribution in [2.45, 2.75) is 26.2 Å². The van der Waals surface area contributed by atoms with Crippen molar-refractivity contribution < 1.29 is 13.5 Å². The SMILES string of the molecule is CC(C)(C)c1cnc(Oc2ccc(F)cc2F)[nH]1. The first kappa shape index (κ1) is 12.5. The quantitative estimate of drug-likeness (QED) is 0.883. The van der Waals surface area contributed by atoms with Crippen molar-refractivity contribution in [2.24, 2.45) is 0 Å². The molecule has 18 heavy (non-hydrogen) atoms. The second-order valence-electron chi connectivity index (χ2n) is 5.03. The first-order chi connectivity index (χ1) is 8.36. The Morgan fingerprint density at radius 2 is 1.94 bits per heavy atom. The van der Waals surface area contributed by atoms with Gasteiger partial charge >= 0.3 is 0 Å². The van der Waals surface area contributed by atoms with Crippen LogP contribution in [0.2, 0.25) is 0 Å². The molecule has 2 aromatic rings. The Kier molecular flexibility index (Phi) is 3.07. The molecule has 0 saturated heterocycles. The maximum atomic E-state index is 13.4. The van der Waals surface area contributed by atoms with E-state index in [4.69, 9.17) is 4.74 Å². The van der Waals surface area contributed by atoms with Crippen molar-refractivity contribution in [3.05, 3.63) is 41.7 Å². The summed E-state index contributed by atoms with van der Waals surface area (Å²) in [6.07, 6.45) is 1.64. The van der Waals surface area contributed by atoms with Crippen molar-refractivity contribution in [3.8, 4) is 11.8 Å². The minimum absolute atomic E-state index is 0.0637. The molecule has 0 saturated carbocycles. The molecule has 0 aliphatic carbocycles. The molecule has 0 aliphatic rings. The van der Waals surface area contributed by atoms with Crippen molar-refractivity contribution in [2.75, 3.05) is 0 Å². The van der Waals surface area contributed by atoms with Crippen LogP contribution in [0.5, 0.6) is 11.8 Å². The number of aromatic amines is 1. The fourth-order valence-corrected chi connectivity index (χ4v) is 1.40. The van der Waals surface area contributed by atoms with Crippen LogP contribution in [0.25, 0.3) is 0 Å². The van der Waals surface area contributed by atoms with Gasteiger partial charge < -0.3 is 9.72 Å². The fraction of sp³-hybridized carbons (Fsp3) is 0.308. The molecule has 0 spiro atoms. The molecule has 0 bridgehead atoms. The van der Waals surface area contributed by atoms with Crippen LogP contribution in [0.3, 0.4) is 0 Å². The number of halogens is 2. The van der Waals surface area contributed by atoms with E-state index >= 15 is 0 Å². The van der Waals surface area contributed by atoms with Gasteiger partial charge in [-0.05, 0) is 12.1 Å². The van der Waals surface area contributed by atoms with E-state index in [-0.39, 0.29) is 17.2 Å². The molecule has 1 heterocycles. The zero-order valence-electron chi connectivity index (χ0n) is 10.4. The minimum Gasteiger partial charge on any atom is -0.423 e. The second kappa shape index (κ2) is 4.40. The molecule has 0 unspecified atom stereocenters. The molecular formula is C13H14F2N2O. The molecule has 1 aromatic heterocycles. The van der Waals surface area contributed by atoms with Crippen molar-refractivity contribution in [1.29, 1.82) is 0 Å². The van der Waals surface area contributed by atoms with E-state index < -0.39 is 11.6 Å². The number of imidazole rings is 1.